The molecule has 3 aromatic rings. The zero-order chi connectivity index (χ0) is 27.0. The van der Waals surface area contributed by atoms with Crippen LogP contribution >= 0.6 is 23.2 Å². The molecule has 3 rings (SSSR count). The van der Waals surface area contributed by atoms with Crippen molar-refractivity contribution in [2.24, 2.45) is 0 Å². The maximum atomic E-state index is 13.7. The van der Waals surface area contributed by atoms with Crippen molar-refractivity contribution in [3.05, 3.63) is 105 Å². The highest BCUT2D eigenvalue weighted by Gasteiger charge is 2.30. The Morgan fingerprint density at radius 2 is 1.59 bits per heavy atom. The van der Waals surface area contributed by atoms with Gasteiger partial charge in [0.25, 0.3) is 0 Å². The summed E-state index contributed by atoms with van der Waals surface area (Å²) in [6.45, 7) is 9.11. The smallest absolute Gasteiger partial charge is 0.243 e. The first-order valence-electron chi connectivity index (χ1n) is 12.7. The van der Waals surface area contributed by atoms with E-state index < -0.39 is 6.04 Å². The normalized spacial score (nSPS) is 12.2. The Bertz CT molecular complexity index is 1190. The van der Waals surface area contributed by atoms with E-state index in [1.54, 1.807) is 17.0 Å². The number of nitrogens with zero attached hydrogens (tertiary/aromatic N) is 1. The van der Waals surface area contributed by atoms with Crippen LogP contribution in [0, 0.1) is 0 Å². The lowest BCUT2D eigenvalue weighted by atomic mass is 9.86. The number of aryl methyl sites for hydroxylation is 1. The third kappa shape index (κ3) is 8.34. The number of nitrogens with one attached hydrogen (secondary N) is 1. The molecule has 0 saturated heterocycles. The van der Waals surface area contributed by atoms with E-state index in [1.165, 1.54) is 5.56 Å². The molecule has 6 heteroatoms. The molecule has 0 radical (unpaired) electrons. The van der Waals surface area contributed by atoms with Crippen molar-refractivity contribution in [1.29, 1.82) is 0 Å². The summed E-state index contributed by atoms with van der Waals surface area (Å²) in [5.74, 6) is -0.280. The standard InChI is InChI=1S/C31H36Cl2N2O2/c1-5-34-30(37)28(19-23-9-7-6-8-10-23)35(21-24-14-17-26(32)20-27(24)33)29(36)18-13-22-11-15-25(16-12-22)31(2,3)4/h6-12,14-17,20,28H,5,13,18-19,21H2,1-4H3,(H,34,37)/t28-/m0/s1. The number of halogens is 2. The Morgan fingerprint density at radius 3 is 2.19 bits per heavy atom. The third-order valence-corrected chi connectivity index (χ3v) is 7.01. The molecule has 0 aliphatic heterocycles. The van der Waals surface area contributed by atoms with Crippen LogP contribution in [-0.4, -0.2) is 29.3 Å². The van der Waals surface area contributed by atoms with Crippen LogP contribution in [-0.2, 0) is 34.4 Å². The number of amides is 2. The first-order chi connectivity index (χ1) is 17.6. The number of hydrogen-bond donors (Lipinski definition) is 1. The van der Waals surface area contributed by atoms with Crippen LogP contribution in [0.4, 0.5) is 0 Å². The van der Waals surface area contributed by atoms with Crippen LogP contribution in [0.3, 0.4) is 0 Å². The second-order valence-corrected chi connectivity index (χ2v) is 11.1. The second-order valence-electron chi connectivity index (χ2n) is 10.3. The van der Waals surface area contributed by atoms with Gasteiger partial charge in [-0.1, -0.05) is 105 Å². The Kier molecular flexibility index (Phi) is 10.2. The summed E-state index contributed by atoms with van der Waals surface area (Å²) < 4.78 is 0. The Hall–Kier alpha value is -2.82. The number of rotatable bonds is 10. The average Bonchev–Trinajstić information content (AvgIpc) is 2.86. The highest BCUT2D eigenvalue weighted by Crippen LogP contribution is 2.25. The van der Waals surface area contributed by atoms with Crippen molar-refractivity contribution < 1.29 is 9.59 Å². The molecule has 4 nitrogen and oxygen atoms in total. The lowest BCUT2D eigenvalue weighted by Crippen LogP contribution is -2.50. The third-order valence-electron chi connectivity index (χ3n) is 6.43. The minimum atomic E-state index is -0.676. The number of carbonyl (C=O) groups is 2. The minimum Gasteiger partial charge on any atom is -0.355 e. The van der Waals surface area contributed by atoms with Gasteiger partial charge in [-0.05, 0) is 53.1 Å². The molecular weight excluding hydrogens is 503 g/mol. The topological polar surface area (TPSA) is 49.4 Å². The summed E-state index contributed by atoms with van der Waals surface area (Å²) in [6.07, 6.45) is 1.27. The molecule has 0 unspecified atom stereocenters. The van der Waals surface area contributed by atoms with Gasteiger partial charge in [0, 0.05) is 36.0 Å². The molecule has 0 aliphatic carbocycles. The fourth-order valence-electron chi connectivity index (χ4n) is 4.25. The van der Waals surface area contributed by atoms with Crippen LogP contribution in [0.15, 0.2) is 72.8 Å². The molecule has 1 atom stereocenters. The fourth-order valence-corrected chi connectivity index (χ4v) is 4.71. The fraction of sp³-hybridized carbons (Fsp3) is 0.355. The zero-order valence-corrected chi connectivity index (χ0v) is 23.6. The summed E-state index contributed by atoms with van der Waals surface area (Å²) >= 11 is 12.6. The van der Waals surface area contributed by atoms with Crippen LogP contribution in [0.1, 0.15) is 56.4 Å². The Labute approximate surface area is 231 Å². The average molecular weight is 540 g/mol. The number of carbonyl (C=O) groups excluding carboxylic acids is 2. The molecule has 196 valence electrons. The van der Waals surface area contributed by atoms with E-state index in [0.717, 1.165) is 16.7 Å². The maximum absolute atomic E-state index is 13.7. The van der Waals surface area contributed by atoms with E-state index >= 15 is 0 Å². The van der Waals surface area contributed by atoms with E-state index in [4.69, 9.17) is 23.2 Å². The van der Waals surface area contributed by atoms with Crippen LogP contribution in [0.5, 0.6) is 0 Å². The molecule has 0 aliphatic rings. The summed E-state index contributed by atoms with van der Waals surface area (Å²) in [7, 11) is 0. The number of hydrogen-bond acceptors (Lipinski definition) is 2. The van der Waals surface area contributed by atoms with Crippen LogP contribution in [0.25, 0.3) is 0 Å². The molecule has 0 saturated carbocycles. The van der Waals surface area contributed by atoms with Crippen molar-refractivity contribution in [2.45, 2.75) is 65.0 Å². The molecule has 0 bridgehead atoms. The Morgan fingerprint density at radius 1 is 0.919 bits per heavy atom. The SMILES string of the molecule is CCNC(=O)[C@H](Cc1ccccc1)N(Cc1ccc(Cl)cc1Cl)C(=O)CCc1ccc(C(C)(C)C)cc1. The zero-order valence-electron chi connectivity index (χ0n) is 22.1. The van der Waals surface area contributed by atoms with Crippen molar-refractivity contribution in [2.75, 3.05) is 6.54 Å². The van der Waals surface area contributed by atoms with Gasteiger partial charge in [0.2, 0.25) is 11.8 Å². The molecule has 0 aromatic heterocycles. The maximum Gasteiger partial charge on any atom is 0.243 e. The predicted octanol–water partition coefficient (Wildman–Crippen LogP) is 7.00. The monoisotopic (exact) mass is 538 g/mol. The van der Waals surface area contributed by atoms with Crippen molar-refractivity contribution in [3.8, 4) is 0 Å². The van der Waals surface area contributed by atoms with Gasteiger partial charge in [0.15, 0.2) is 0 Å². The van der Waals surface area contributed by atoms with Crippen molar-refractivity contribution in [1.82, 2.24) is 10.2 Å². The minimum absolute atomic E-state index is 0.0697. The molecule has 0 spiro atoms. The summed E-state index contributed by atoms with van der Waals surface area (Å²) in [6, 6.07) is 22.7. The van der Waals surface area contributed by atoms with Crippen LogP contribution < -0.4 is 5.32 Å². The lowest BCUT2D eigenvalue weighted by Gasteiger charge is -2.32. The van der Waals surface area contributed by atoms with Gasteiger partial charge >= 0.3 is 0 Å². The first kappa shape index (κ1) is 28.7. The number of likely N-dealkylation sites (N-methyl/N-ethyl adjacent to an activating group) is 1. The highest BCUT2D eigenvalue weighted by atomic mass is 35.5. The van der Waals surface area contributed by atoms with E-state index in [2.05, 4.69) is 50.4 Å². The van der Waals surface area contributed by atoms with Gasteiger partial charge in [-0.2, -0.15) is 0 Å². The van der Waals surface area contributed by atoms with Gasteiger partial charge in [-0.15, -0.1) is 0 Å². The molecule has 0 fully saturated rings. The highest BCUT2D eigenvalue weighted by molar-refractivity contribution is 6.35. The summed E-state index contributed by atoms with van der Waals surface area (Å²) in [4.78, 5) is 28.7. The van der Waals surface area contributed by atoms with Crippen molar-refractivity contribution in [3.63, 3.8) is 0 Å². The molecule has 0 heterocycles. The van der Waals surface area contributed by atoms with Gasteiger partial charge < -0.3 is 10.2 Å². The first-order valence-corrected chi connectivity index (χ1v) is 13.5. The quantitative estimate of drug-likeness (QED) is 0.302. The van der Waals surface area contributed by atoms with E-state index in [1.807, 2.05) is 43.3 Å². The number of benzene rings is 3. The molecule has 37 heavy (non-hydrogen) atoms. The van der Waals surface area contributed by atoms with E-state index in [9.17, 15) is 9.59 Å². The van der Waals surface area contributed by atoms with Gasteiger partial charge in [-0.25, -0.2) is 0 Å². The van der Waals surface area contributed by atoms with Gasteiger partial charge in [0.05, 0.1) is 0 Å². The Balaban J connectivity index is 1.89. The molecule has 2 amide bonds. The molecule has 1 N–H and O–H groups in total. The molecular formula is C31H36Cl2N2O2. The van der Waals surface area contributed by atoms with E-state index in [0.29, 0.717) is 29.4 Å². The van der Waals surface area contributed by atoms with Gasteiger partial charge in [0.1, 0.15) is 6.04 Å². The largest absolute Gasteiger partial charge is 0.355 e. The van der Waals surface area contributed by atoms with Crippen molar-refractivity contribution >= 4 is 35.0 Å². The van der Waals surface area contributed by atoms with Crippen LogP contribution in [0.2, 0.25) is 10.0 Å². The second kappa shape index (κ2) is 13.1. The molecule has 3 aromatic carbocycles. The predicted molar refractivity (Wildman–Crippen MR) is 153 cm³/mol. The van der Waals surface area contributed by atoms with Gasteiger partial charge in [-0.3, -0.25) is 9.59 Å². The summed E-state index contributed by atoms with van der Waals surface area (Å²) in [5.41, 5.74) is 4.14. The van der Waals surface area contributed by atoms with E-state index in [-0.39, 0.29) is 30.2 Å². The lowest BCUT2D eigenvalue weighted by molar-refractivity contribution is -0.141. The summed E-state index contributed by atoms with van der Waals surface area (Å²) in [5, 5.41) is 3.91.